The van der Waals surface area contributed by atoms with Gasteiger partial charge in [-0.15, -0.1) is 0 Å². The predicted molar refractivity (Wildman–Crippen MR) is 62.8 cm³/mol. The average Bonchev–Trinajstić information content (AvgIpc) is 2.57. The Balaban J connectivity index is 2.12. The lowest BCUT2D eigenvalue weighted by molar-refractivity contribution is 0.413. The molecule has 15 heavy (non-hydrogen) atoms. The van der Waals surface area contributed by atoms with Crippen LogP contribution in [-0.4, -0.2) is 4.98 Å². The fourth-order valence-corrected chi connectivity index (χ4v) is 2.36. The highest BCUT2D eigenvalue weighted by Gasteiger charge is 2.21. The molecule has 1 aliphatic rings. The number of H-pyrrole nitrogens is 1. The van der Waals surface area contributed by atoms with Gasteiger partial charge in [0.2, 0.25) is 0 Å². The minimum atomic E-state index is 0.624. The molecule has 1 heterocycles. The van der Waals surface area contributed by atoms with E-state index < -0.39 is 0 Å². The van der Waals surface area contributed by atoms with E-state index in [1.165, 1.54) is 41.4 Å². The first-order valence-electron chi connectivity index (χ1n) is 5.69. The summed E-state index contributed by atoms with van der Waals surface area (Å²) in [6.45, 7) is 0.624. The van der Waals surface area contributed by atoms with Gasteiger partial charge in [0.05, 0.1) is 0 Å². The van der Waals surface area contributed by atoms with Crippen LogP contribution in [0.15, 0.2) is 24.3 Å². The summed E-state index contributed by atoms with van der Waals surface area (Å²) >= 11 is 0. The summed E-state index contributed by atoms with van der Waals surface area (Å²) in [5.74, 6) is 0.767. The van der Waals surface area contributed by atoms with Gasteiger partial charge in [-0.2, -0.15) is 0 Å². The normalized spacial score (nSPS) is 16.9. The van der Waals surface area contributed by atoms with Crippen LogP contribution < -0.4 is 5.73 Å². The first-order chi connectivity index (χ1) is 7.38. The highest BCUT2D eigenvalue weighted by molar-refractivity contribution is 5.84. The van der Waals surface area contributed by atoms with E-state index in [0.717, 1.165) is 5.92 Å². The Morgan fingerprint density at radius 1 is 1.33 bits per heavy atom. The summed E-state index contributed by atoms with van der Waals surface area (Å²) < 4.78 is 0. The molecule has 1 saturated carbocycles. The second-order valence-electron chi connectivity index (χ2n) is 4.44. The zero-order chi connectivity index (χ0) is 10.3. The molecule has 3 N–H and O–H groups in total. The Bertz CT molecular complexity index is 480. The minimum absolute atomic E-state index is 0.624. The van der Waals surface area contributed by atoms with Gasteiger partial charge in [-0.1, -0.05) is 18.6 Å². The van der Waals surface area contributed by atoms with Gasteiger partial charge >= 0.3 is 0 Å². The van der Waals surface area contributed by atoms with Crippen LogP contribution in [0.3, 0.4) is 0 Å². The lowest BCUT2D eigenvalue weighted by Gasteiger charge is -2.23. The molecule has 0 spiro atoms. The topological polar surface area (TPSA) is 41.8 Å². The zero-order valence-corrected chi connectivity index (χ0v) is 8.79. The number of hydrogen-bond acceptors (Lipinski definition) is 1. The van der Waals surface area contributed by atoms with E-state index in [4.69, 9.17) is 5.73 Å². The van der Waals surface area contributed by atoms with E-state index in [1.54, 1.807) is 0 Å². The summed E-state index contributed by atoms with van der Waals surface area (Å²) in [5, 5.41) is 1.31. The Kier molecular flexibility index (Phi) is 2.03. The maximum atomic E-state index is 5.73. The number of benzene rings is 1. The largest absolute Gasteiger partial charge is 0.358 e. The summed E-state index contributed by atoms with van der Waals surface area (Å²) in [4.78, 5) is 3.52. The van der Waals surface area contributed by atoms with Crippen molar-refractivity contribution < 1.29 is 0 Å². The molecule has 0 atom stereocenters. The van der Waals surface area contributed by atoms with Crippen molar-refractivity contribution >= 4 is 10.9 Å². The highest BCUT2D eigenvalue weighted by Crippen LogP contribution is 2.37. The molecule has 2 aromatic rings. The number of fused-ring (bicyclic) bond motifs is 1. The molecule has 1 aromatic carbocycles. The number of hydrogen-bond donors (Lipinski definition) is 2. The maximum absolute atomic E-state index is 5.73. The van der Waals surface area contributed by atoms with E-state index in [-0.39, 0.29) is 0 Å². The summed E-state index contributed by atoms with van der Waals surface area (Å²) in [7, 11) is 0. The molecule has 3 rings (SSSR count). The molecule has 2 heteroatoms. The second-order valence-corrected chi connectivity index (χ2v) is 4.44. The number of aromatic amines is 1. The third kappa shape index (κ3) is 1.37. The standard InChI is InChI=1S/C13H16N2/c14-8-10-5-2-6-12-11(10)7-13(15-12)9-3-1-4-9/h2,5-7,9,15H,1,3-4,8,14H2. The number of aromatic nitrogens is 1. The van der Waals surface area contributed by atoms with Gasteiger partial charge in [-0.25, -0.2) is 0 Å². The predicted octanol–water partition coefficient (Wildman–Crippen LogP) is 2.89. The van der Waals surface area contributed by atoms with Gasteiger partial charge in [-0.05, 0) is 36.5 Å². The Hall–Kier alpha value is -1.28. The lowest BCUT2D eigenvalue weighted by atomic mass is 9.83. The monoisotopic (exact) mass is 200 g/mol. The average molecular weight is 200 g/mol. The van der Waals surface area contributed by atoms with Crippen molar-refractivity contribution in [2.45, 2.75) is 31.7 Å². The third-order valence-electron chi connectivity index (χ3n) is 3.54. The van der Waals surface area contributed by atoms with E-state index in [9.17, 15) is 0 Å². The van der Waals surface area contributed by atoms with Crippen molar-refractivity contribution in [1.29, 1.82) is 0 Å². The van der Waals surface area contributed by atoms with Gasteiger partial charge < -0.3 is 10.7 Å². The van der Waals surface area contributed by atoms with Crippen LogP contribution >= 0.6 is 0 Å². The smallest absolute Gasteiger partial charge is 0.0459 e. The molecule has 78 valence electrons. The van der Waals surface area contributed by atoms with Crippen LogP contribution in [0.4, 0.5) is 0 Å². The Morgan fingerprint density at radius 2 is 2.20 bits per heavy atom. The van der Waals surface area contributed by atoms with E-state index in [1.807, 2.05) is 0 Å². The van der Waals surface area contributed by atoms with Crippen LogP contribution in [0, 0.1) is 0 Å². The Labute approximate surface area is 89.5 Å². The van der Waals surface area contributed by atoms with Crippen LogP contribution in [0.2, 0.25) is 0 Å². The van der Waals surface area contributed by atoms with Crippen LogP contribution in [-0.2, 0) is 6.54 Å². The molecular formula is C13H16N2. The molecule has 0 amide bonds. The van der Waals surface area contributed by atoms with Crippen molar-refractivity contribution in [1.82, 2.24) is 4.98 Å². The molecule has 1 fully saturated rings. The first-order valence-corrected chi connectivity index (χ1v) is 5.69. The minimum Gasteiger partial charge on any atom is -0.358 e. The van der Waals surface area contributed by atoms with Crippen LogP contribution in [0.1, 0.15) is 36.4 Å². The fraction of sp³-hybridized carbons (Fsp3) is 0.385. The lowest BCUT2D eigenvalue weighted by Crippen LogP contribution is -2.08. The van der Waals surface area contributed by atoms with Crippen molar-refractivity contribution in [2.24, 2.45) is 5.73 Å². The van der Waals surface area contributed by atoms with Gasteiger partial charge in [0.25, 0.3) is 0 Å². The van der Waals surface area contributed by atoms with Crippen molar-refractivity contribution in [3.8, 4) is 0 Å². The summed E-state index contributed by atoms with van der Waals surface area (Å²) in [6.07, 6.45) is 4.05. The molecule has 0 bridgehead atoms. The molecular weight excluding hydrogens is 184 g/mol. The molecule has 0 aliphatic heterocycles. The first kappa shape index (κ1) is 8.98. The number of nitrogens with two attached hydrogens (primary N) is 1. The van der Waals surface area contributed by atoms with Crippen molar-refractivity contribution in [3.63, 3.8) is 0 Å². The molecule has 2 nitrogen and oxygen atoms in total. The van der Waals surface area contributed by atoms with E-state index >= 15 is 0 Å². The van der Waals surface area contributed by atoms with Crippen LogP contribution in [0.25, 0.3) is 10.9 Å². The van der Waals surface area contributed by atoms with Gasteiger partial charge in [0.15, 0.2) is 0 Å². The van der Waals surface area contributed by atoms with Gasteiger partial charge in [0.1, 0.15) is 0 Å². The van der Waals surface area contributed by atoms with Gasteiger partial charge in [-0.3, -0.25) is 0 Å². The molecule has 0 saturated heterocycles. The molecule has 0 radical (unpaired) electrons. The van der Waals surface area contributed by atoms with Crippen molar-refractivity contribution in [3.05, 3.63) is 35.5 Å². The van der Waals surface area contributed by atoms with Crippen molar-refractivity contribution in [2.75, 3.05) is 0 Å². The van der Waals surface area contributed by atoms with E-state index in [2.05, 4.69) is 29.2 Å². The van der Waals surface area contributed by atoms with E-state index in [0.29, 0.717) is 6.54 Å². The molecule has 0 unspecified atom stereocenters. The highest BCUT2D eigenvalue weighted by atomic mass is 14.7. The fourth-order valence-electron chi connectivity index (χ4n) is 2.36. The third-order valence-corrected chi connectivity index (χ3v) is 3.54. The molecule has 1 aliphatic carbocycles. The quantitative estimate of drug-likeness (QED) is 0.769. The number of rotatable bonds is 2. The maximum Gasteiger partial charge on any atom is 0.0459 e. The molecule has 1 aromatic heterocycles. The zero-order valence-electron chi connectivity index (χ0n) is 8.79. The van der Waals surface area contributed by atoms with Crippen LogP contribution in [0.5, 0.6) is 0 Å². The second kappa shape index (κ2) is 3.38. The summed E-state index contributed by atoms with van der Waals surface area (Å²) in [6, 6.07) is 8.62. The van der Waals surface area contributed by atoms with Gasteiger partial charge in [0, 0.05) is 23.1 Å². The number of nitrogens with one attached hydrogen (secondary N) is 1. The SMILES string of the molecule is NCc1cccc2[nH]c(C3CCC3)cc12. The summed E-state index contributed by atoms with van der Waals surface area (Å²) in [5.41, 5.74) is 9.61. The Morgan fingerprint density at radius 3 is 2.87 bits per heavy atom.